The Labute approximate surface area is 182 Å². The van der Waals surface area contributed by atoms with Crippen molar-refractivity contribution < 1.29 is 9.18 Å². The molecule has 2 heterocycles. The van der Waals surface area contributed by atoms with E-state index in [-0.39, 0.29) is 17.3 Å². The first-order valence-electron chi connectivity index (χ1n) is 10.2. The van der Waals surface area contributed by atoms with Crippen LogP contribution in [0.5, 0.6) is 0 Å². The number of H-pyrrole nitrogens is 1. The summed E-state index contributed by atoms with van der Waals surface area (Å²) in [6, 6.07) is 6.35. The van der Waals surface area contributed by atoms with Crippen molar-refractivity contribution in [3.05, 3.63) is 62.3 Å². The number of hydrogen-bond donors (Lipinski definition) is 1. The third-order valence-electron chi connectivity index (χ3n) is 5.32. The first-order chi connectivity index (χ1) is 14.5. The van der Waals surface area contributed by atoms with Gasteiger partial charge in [-0.2, -0.15) is 11.8 Å². The molecule has 0 bridgehead atoms. The second-order valence-corrected chi connectivity index (χ2v) is 9.58. The zero-order valence-corrected chi connectivity index (χ0v) is 18.5. The normalized spacial score (nSPS) is 13.0. The lowest BCUT2D eigenvalue weighted by atomic mass is 10.2. The van der Waals surface area contributed by atoms with Crippen molar-refractivity contribution in [2.75, 3.05) is 12.3 Å². The molecule has 1 N–H and O–H groups in total. The summed E-state index contributed by atoms with van der Waals surface area (Å²) in [5.74, 6) is 1.62. The topological polar surface area (TPSA) is 66.1 Å². The van der Waals surface area contributed by atoms with E-state index in [1.165, 1.54) is 22.6 Å². The maximum absolute atomic E-state index is 13.4. The highest BCUT2D eigenvalue weighted by Gasteiger charge is 2.21. The van der Waals surface area contributed by atoms with Gasteiger partial charge in [-0.25, -0.2) is 9.37 Å². The molecule has 5 nitrogen and oxygen atoms in total. The largest absolute Gasteiger partial charge is 0.339 e. The summed E-state index contributed by atoms with van der Waals surface area (Å²) in [5, 5.41) is 0.771. The van der Waals surface area contributed by atoms with Crippen LogP contribution in [0.4, 0.5) is 4.39 Å². The Hall–Kier alpha value is -2.19. The number of nitrogens with one attached hydrogen (secondary N) is 1. The lowest BCUT2D eigenvalue weighted by molar-refractivity contribution is -0.131. The van der Waals surface area contributed by atoms with Crippen LogP contribution >= 0.6 is 23.1 Å². The van der Waals surface area contributed by atoms with E-state index in [4.69, 9.17) is 0 Å². The lowest BCUT2D eigenvalue weighted by Gasteiger charge is -2.21. The molecular formula is C22H24FN3O2S2. The van der Waals surface area contributed by atoms with Crippen LogP contribution < -0.4 is 5.56 Å². The Kier molecular flexibility index (Phi) is 6.53. The first-order valence-corrected chi connectivity index (χ1v) is 12.2. The maximum Gasteiger partial charge on any atom is 0.259 e. The van der Waals surface area contributed by atoms with Gasteiger partial charge in [-0.15, -0.1) is 11.3 Å². The highest BCUT2D eigenvalue weighted by atomic mass is 32.2. The molecule has 1 amide bonds. The number of hydrogen-bond acceptors (Lipinski definition) is 5. The molecule has 3 aromatic rings. The minimum absolute atomic E-state index is 0.0425. The third-order valence-corrected chi connectivity index (χ3v) is 7.48. The number of amides is 1. The Morgan fingerprint density at radius 1 is 1.37 bits per heavy atom. The molecule has 0 saturated heterocycles. The van der Waals surface area contributed by atoms with Crippen LogP contribution in [0.3, 0.4) is 0 Å². The van der Waals surface area contributed by atoms with E-state index < -0.39 is 0 Å². The number of fused-ring (bicyclic) bond motifs is 3. The number of halogens is 1. The van der Waals surface area contributed by atoms with Gasteiger partial charge in [0.05, 0.1) is 11.1 Å². The quantitative estimate of drug-likeness (QED) is 0.526. The molecule has 0 atom stereocenters. The van der Waals surface area contributed by atoms with Crippen LogP contribution in [0, 0.1) is 5.82 Å². The Morgan fingerprint density at radius 2 is 2.23 bits per heavy atom. The van der Waals surface area contributed by atoms with Crippen molar-refractivity contribution in [2.45, 2.75) is 44.9 Å². The average Bonchev–Trinajstić information content (AvgIpc) is 3.30. The fourth-order valence-electron chi connectivity index (χ4n) is 3.83. The maximum atomic E-state index is 13.4. The summed E-state index contributed by atoms with van der Waals surface area (Å²) in [7, 11) is 0. The van der Waals surface area contributed by atoms with Gasteiger partial charge in [-0.3, -0.25) is 9.59 Å². The molecule has 0 unspecified atom stereocenters. The number of rotatable bonds is 8. The average molecular weight is 446 g/mol. The number of thiophene rings is 1. The second kappa shape index (κ2) is 9.31. The van der Waals surface area contributed by atoms with Gasteiger partial charge in [0.2, 0.25) is 5.91 Å². The SMILES string of the molecule is CCN(Cc1cccc(F)c1)C(=O)CCSCc1nc2sc3c(c2c(=O)[nH]1)CCC3. The van der Waals surface area contributed by atoms with Crippen molar-refractivity contribution in [2.24, 2.45) is 0 Å². The van der Waals surface area contributed by atoms with Crippen molar-refractivity contribution >= 4 is 39.2 Å². The molecule has 0 fully saturated rings. The highest BCUT2D eigenvalue weighted by molar-refractivity contribution is 7.98. The molecule has 8 heteroatoms. The summed E-state index contributed by atoms with van der Waals surface area (Å²) in [4.78, 5) is 36.5. The molecule has 0 spiro atoms. The fraction of sp³-hybridized carbons (Fsp3) is 0.409. The smallest absolute Gasteiger partial charge is 0.259 e. The number of nitrogens with zero attached hydrogens (tertiary/aromatic N) is 2. The highest BCUT2D eigenvalue weighted by Crippen LogP contribution is 2.34. The third kappa shape index (κ3) is 4.59. The van der Waals surface area contributed by atoms with Crippen LogP contribution in [-0.4, -0.2) is 33.1 Å². The summed E-state index contributed by atoms with van der Waals surface area (Å²) >= 11 is 3.22. The van der Waals surface area contributed by atoms with E-state index in [1.54, 1.807) is 34.1 Å². The van der Waals surface area contributed by atoms with Crippen LogP contribution in [0.2, 0.25) is 0 Å². The molecular weight excluding hydrogens is 421 g/mol. The number of aryl methyl sites for hydroxylation is 2. The molecule has 2 aromatic heterocycles. The zero-order valence-electron chi connectivity index (χ0n) is 16.9. The number of aromatic nitrogens is 2. The molecule has 158 valence electrons. The van der Waals surface area contributed by atoms with Crippen LogP contribution in [0.1, 0.15) is 41.6 Å². The Morgan fingerprint density at radius 3 is 3.03 bits per heavy atom. The van der Waals surface area contributed by atoms with E-state index in [0.29, 0.717) is 36.8 Å². The van der Waals surface area contributed by atoms with Crippen LogP contribution in [0.15, 0.2) is 29.1 Å². The van der Waals surface area contributed by atoms with Gasteiger partial charge < -0.3 is 9.88 Å². The molecule has 0 saturated carbocycles. The molecule has 0 aliphatic heterocycles. The molecule has 30 heavy (non-hydrogen) atoms. The standard InChI is InChI=1S/C22H24FN3O2S2/c1-2-26(12-14-5-3-6-15(23)11-14)19(27)9-10-29-13-18-24-21(28)20-16-7-4-8-17(16)30-22(20)25-18/h3,5-6,11H,2,4,7-10,12-13H2,1H3,(H,24,25,28). The number of carbonyl (C=O) groups is 1. The van der Waals surface area contributed by atoms with E-state index in [0.717, 1.165) is 35.0 Å². The van der Waals surface area contributed by atoms with Gasteiger partial charge in [-0.1, -0.05) is 12.1 Å². The Bertz CT molecular complexity index is 1130. The Balaban J connectivity index is 1.31. The van der Waals surface area contributed by atoms with Gasteiger partial charge >= 0.3 is 0 Å². The fourth-order valence-corrected chi connectivity index (χ4v) is 5.91. The second-order valence-electron chi connectivity index (χ2n) is 7.39. The number of benzene rings is 1. The predicted molar refractivity (Wildman–Crippen MR) is 121 cm³/mol. The van der Waals surface area contributed by atoms with Crippen molar-refractivity contribution in [1.29, 1.82) is 0 Å². The van der Waals surface area contributed by atoms with E-state index >= 15 is 0 Å². The van der Waals surface area contributed by atoms with Crippen molar-refractivity contribution in [1.82, 2.24) is 14.9 Å². The van der Waals surface area contributed by atoms with Crippen molar-refractivity contribution in [3.8, 4) is 0 Å². The molecule has 1 aromatic carbocycles. The summed E-state index contributed by atoms with van der Waals surface area (Å²) in [6.07, 6.45) is 3.54. The van der Waals surface area contributed by atoms with Gasteiger partial charge in [0.15, 0.2) is 0 Å². The van der Waals surface area contributed by atoms with E-state index in [2.05, 4.69) is 9.97 Å². The summed E-state index contributed by atoms with van der Waals surface area (Å²) < 4.78 is 13.4. The molecule has 1 aliphatic rings. The van der Waals surface area contributed by atoms with Crippen LogP contribution in [-0.2, 0) is 29.9 Å². The number of carbonyl (C=O) groups excluding carboxylic acids is 1. The first kappa shape index (κ1) is 21.1. The number of thioether (sulfide) groups is 1. The van der Waals surface area contributed by atoms with E-state index in [9.17, 15) is 14.0 Å². The molecule has 0 radical (unpaired) electrons. The lowest BCUT2D eigenvalue weighted by Crippen LogP contribution is -2.30. The number of aromatic amines is 1. The van der Waals surface area contributed by atoms with Gasteiger partial charge in [-0.05, 0) is 49.4 Å². The van der Waals surface area contributed by atoms with Gasteiger partial charge in [0.25, 0.3) is 5.56 Å². The summed E-state index contributed by atoms with van der Waals surface area (Å²) in [6.45, 7) is 2.91. The summed E-state index contributed by atoms with van der Waals surface area (Å²) in [5.41, 5.74) is 1.93. The molecule has 1 aliphatic carbocycles. The predicted octanol–water partition coefficient (Wildman–Crippen LogP) is 4.28. The van der Waals surface area contributed by atoms with Crippen molar-refractivity contribution in [3.63, 3.8) is 0 Å². The van der Waals surface area contributed by atoms with Gasteiger partial charge in [0, 0.05) is 30.1 Å². The molecule has 4 rings (SSSR count). The monoisotopic (exact) mass is 445 g/mol. The van der Waals surface area contributed by atoms with Gasteiger partial charge in [0.1, 0.15) is 16.5 Å². The zero-order chi connectivity index (χ0) is 21.1. The van der Waals surface area contributed by atoms with Crippen LogP contribution in [0.25, 0.3) is 10.2 Å². The minimum Gasteiger partial charge on any atom is -0.339 e. The minimum atomic E-state index is -0.291. The van der Waals surface area contributed by atoms with E-state index in [1.807, 2.05) is 13.0 Å².